The number of carbonyl (C=O) groups excluding carboxylic acids is 2. The van der Waals surface area contributed by atoms with Gasteiger partial charge in [0.05, 0.1) is 18.7 Å². The molecule has 1 atom stereocenters. The van der Waals surface area contributed by atoms with Gasteiger partial charge in [0.15, 0.2) is 5.11 Å². The van der Waals surface area contributed by atoms with Gasteiger partial charge in [-0.1, -0.05) is 18.2 Å². The highest BCUT2D eigenvalue weighted by Crippen LogP contribution is 2.29. The van der Waals surface area contributed by atoms with Gasteiger partial charge < -0.3 is 19.9 Å². The van der Waals surface area contributed by atoms with Gasteiger partial charge in [-0.15, -0.1) is 0 Å². The number of piperazine rings is 1. The standard InChI is InChI=1S/C26H33N5O3S/c1-3-34-22-11-9-21(10-12-22)31-25(33)23(19-24(32)27-20-7-5-4-6-8-20)30(26(31)35)18-17-29-15-13-28(2)14-16-29/h4-12,23H,3,13-19H2,1-2H3,(H,27,32). The van der Waals surface area contributed by atoms with E-state index < -0.39 is 6.04 Å². The maximum absolute atomic E-state index is 13.6. The second-order valence-corrected chi connectivity index (χ2v) is 9.22. The normalized spacial score (nSPS) is 19.3. The molecule has 4 rings (SSSR count). The Hall–Kier alpha value is -3.01. The van der Waals surface area contributed by atoms with Crippen molar-refractivity contribution >= 4 is 40.5 Å². The summed E-state index contributed by atoms with van der Waals surface area (Å²) < 4.78 is 5.53. The Morgan fingerprint density at radius 1 is 1.03 bits per heavy atom. The summed E-state index contributed by atoms with van der Waals surface area (Å²) in [5.74, 6) is 0.343. The number of rotatable bonds is 9. The van der Waals surface area contributed by atoms with Crippen LogP contribution in [0.25, 0.3) is 0 Å². The minimum absolute atomic E-state index is 0.0319. The Balaban J connectivity index is 1.50. The van der Waals surface area contributed by atoms with Gasteiger partial charge in [-0.05, 0) is 62.6 Å². The Bertz CT molecular complexity index is 1030. The number of nitrogens with one attached hydrogen (secondary N) is 1. The van der Waals surface area contributed by atoms with Gasteiger partial charge in [-0.25, -0.2) is 0 Å². The van der Waals surface area contributed by atoms with Gasteiger partial charge in [0.25, 0.3) is 5.91 Å². The number of hydrogen-bond acceptors (Lipinski definition) is 6. The summed E-state index contributed by atoms with van der Waals surface area (Å²) >= 11 is 5.79. The van der Waals surface area contributed by atoms with Crippen LogP contribution >= 0.6 is 12.2 Å². The van der Waals surface area contributed by atoms with E-state index in [0.717, 1.165) is 38.5 Å². The van der Waals surface area contributed by atoms with Crippen LogP contribution in [-0.4, -0.2) is 90.6 Å². The first kappa shape index (κ1) is 25.1. The number of amides is 2. The first-order valence-electron chi connectivity index (χ1n) is 12.1. The maximum atomic E-state index is 13.6. The zero-order valence-electron chi connectivity index (χ0n) is 20.4. The molecule has 2 aliphatic rings. The smallest absolute Gasteiger partial charge is 0.256 e. The molecule has 1 N–H and O–H groups in total. The first-order chi connectivity index (χ1) is 17.0. The molecule has 186 valence electrons. The van der Waals surface area contributed by atoms with Crippen molar-refractivity contribution in [2.75, 3.05) is 63.1 Å². The fraction of sp³-hybridized carbons (Fsp3) is 0.423. The highest BCUT2D eigenvalue weighted by molar-refractivity contribution is 7.80. The lowest BCUT2D eigenvalue weighted by Crippen LogP contribution is -2.48. The number of ether oxygens (including phenoxy) is 1. The number of hydrogen-bond donors (Lipinski definition) is 1. The molecule has 1 unspecified atom stereocenters. The fourth-order valence-electron chi connectivity index (χ4n) is 4.41. The molecule has 0 aromatic heterocycles. The van der Waals surface area contributed by atoms with Crippen LogP contribution in [-0.2, 0) is 9.59 Å². The average molecular weight is 496 g/mol. The lowest BCUT2D eigenvalue weighted by molar-refractivity contribution is -0.124. The van der Waals surface area contributed by atoms with Crippen molar-refractivity contribution in [1.82, 2.24) is 14.7 Å². The van der Waals surface area contributed by atoms with Crippen LogP contribution in [0.1, 0.15) is 13.3 Å². The van der Waals surface area contributed by atoms with E-state index in [1.54, 1.807) is 4.90 Å². The molecule has 2 aromatic rings. The third-order valence-corrected chi connectivity index (χ3v) is 6.83. The molecule has 35 heavy (non-hydrogen) atoms. The van der Waals surface area contributed by atoms with Crippen molar-refractivity contribution in [3.05, 3.63) is 54.6 Å². The minimum Gasteiger partial charge on any atom is -0.494 e. The number of thiocarbonyl (C=S) groups is 1. The van der Waals surface area contributed by atoms with Gasteiger partial charge in [0, 0.05) is 45.0 Å². The molecular formula is C26H33N5O3S. The number of para-hydroxylation sites is 1. The van der Waals surface area contributed by atoms with E-state index in [9.17, 15) is 9.59 Å². The summed E-state index contributed by atoms with van der Waals surface area (Å²) in [4.78, 5) is 34.6. The van der Waals surface area contributed by atoms with Gasteiger partial charge in [-0.2, -0.15) is 0 Å². The molecule has 0 radical (unpaired) electrons. The minimum atomic E-state index is -0.648. The van der Waals surface area contributed by atoms with E-state index in [0.29, 0.717) is 29.6 Å². The zero-order valence-corrected chi connectivity index (χ0v) is 21.2. The molecule has 2 fully saturated rings. The third-order valence-electron chi connectivity index (χ3n) is 6.41. The molecule has 2 heterocycles. The number of nitrogens with zero attached hydrogens (tertiary/aromatic N) is 4. The van der Waals surface area contributed by atoms with Crippen LogP contribution in [0.3, 0.4) is 0 Å². The number of benzene rings is 2. The molecule has 2 aliphatic heterocycles. The zero-order chi connectivity index (χ0) is 24.8. The van der Waals surface area contributed by atoms with Gasteiger partial charge in [0.2, 0.25) is 5.91 Å². The van der Waals surface area contributed by atoms with Crippen LogP contribution in [0.5, 0.6) is 5.75 Å². The molecule has 0 saturated carbocycles. The van der Waals surface area contributed by atoms with Crippen molar-refractivity contribution in [1.29, 1.82) is 0 Å². The first-order valence-corrected chi connectivity index (χ1v) is 12.5. The molecule has 2 aromatic carbocycles. The second-order valence-electron chi connectivity index (χ2n) is 8.86. The van der Waals surface area contributed by atoms with Crippen molar-refractivity contribution in [3.8, 4) is 5.75 Å². The summed E-state index contributed by atoms with van der Waals surface area (Å²) in [5.41, 5.74) is 1.39. The molecule has 0 spiro atoms. The van der Waals surface area contributed by atoms with Crippen LogP contribution in [0, 0.1) is 0 Å². The third kappa shape index (κ3) is 6.17. The van der Waals surface area contributed by atoms with Crippen LogP contribution in [0.4, 0.5) is 11.4 Å². The molecule has 0 bridgehead atoms. The van der Waals surface area contributed by atoms with E-state index >= 15 is 0 Å². The summed E-state index contributed by atoms with van der Waals surface area (Å²) in [6.07, 6.45) is 0.0319. The number of anilines is 2. The van der Waals surface area contributed by atoms with Crippen molar-refractivity contribution in [2.24, 2.45) is 0 Å². The van der Waals surface area contributed by atoms with Crippen molar-refractivity contribution in [3.63, 3.8) is 0 Å². The van der Waals surface area contributed by atoms with E-state index in [1.807, 2.05) is 66.4 Å². The largest absolute Gasteiger partial charge is 0.494 e. The maximum Gasteiger partial charge on any atom is 0.256 e. The predicted molar refractivity (Wildman–Crippen MR) is 142 cm³/mol. The summed E-state index contributed by atoms with van der Waals surface area (Å²) in [6.45, 7) is 7.87. The predicted octanol–water partition coefficient (Wildman–Crippen LogP) is 2.66. The van der Waals surface area contributed by atoms with Crippen LogP contribution in [0.2, 0.25) is 0 Å². The Labute approximate surface area is 212 Å². The summed E-state index contributed by atoms with van der Waals surface area (Å²) in [5, 5.41) is 3.34. The second kappa shape index (κ2) is 11.6. The van der Waals surface area contributed by atoms with E-state index in [1.165, 1.54) is 0 Å². The molecule has 0 aliphatic carbocycles. The number of likely N-dealkylation sites (N-methyl/N-ethyl adjacent to an activating group) is 1. The lowest BCUT2D eigenvalue weighted by atomic mass is 10.1. The summed E-state index contributed by atoms with van der Waals surface area (Å²) in [7, 11) is 2.13. The summed E-state index contributed by atoms with van der Waals surface area (Å²) in [6, 6.07) is 16.0. The molecular weight excluding hydrogens is 462 g/mol. The fourth-order valence-corrected chi connectivity index (χ4v) is 4.83. The molecule has 2 saturated heterocycles. The molecule has 9 heteroatoms. The van der Waals surface area contributed by atoms with Gasteiger partial charge >= 0.3 is 0 Å². The monoisotopic (exact) mass is 495 g/mol. The van der Waals surface area contributed by atoms with Crippen molar-refractivity contribution < 1.29 is 14.3 Å². The lowest BCUT2D eigenvalue weighted by Gasteiger charge is -2.34. The number of carbonyl (C=O) groups is 2. The van der Waals surface area contributed by atoms with Crippen molar-refractivity contribution in [2.45, 2.75) is 19.4 Å². The van der Waals surface area contributed by atoms with Gasteiger partial charge in [-0.3, -0.25) is 19.4 Å². The quantitative estimate of drug-likeness (QED) is 0.537. The average Bonchev–Trinajstić information content (AvgIpc) is 3.08. The Kier molecular flexibility index (Phi) is 8.33. The molecule has 2 amide bonds. The molecule has 8 nitrogen and oxygen atoms in total. The van der Waals surface area contributed by atoms with Crippen LogP contribution < -0.4 is 15.0 Å². The topological polar surface area (TPSA) is 68.4 Å². The van der Waals surface area contributed by atoms with Gasteiger partial charge in [0.1, 0.15) is 11.8 Å². The highest BCUT2D eigenvalue weighted by Gasteiger charge is 2.44. The van der Waals surface area contributed by atoms with E-state index in [-0.39, 0.29) is 18.2 Å². The highest BCUT2D eigenvalue weighted by atomic mass is 32.1. The SMILES string of the molecule is CCOc1ccc(N2C(=O)C(CC(=O)Nc3ccccc3)N(CCN3CCN(C)CC3)C2=S)cc1. The Morgan fingerprint density at radius 3 is 2.37 bits per heavy atom. The van der Waals surface area contributed by atoms with E-state index in [4.69, 9.17) is 17.0 Å². The Morgan fingerprint density at radius 2 is 1.71 bits per heavy atom. The van der Waals surface area contributed by atoms with E-state index in [2.05, 4.69) is 22.2 Å². The van der Waals surface area contributed by atoms with Crippen LogP contribution in [0.15, 0.2) is 54.6 Å².